The fraction of sp³-hybridized carbons (Fsp3) is 0.105. The van der Waals surface area contributed by atoms with E-state index in [2.05, 4.69) is 15.6 Å². The van der Waals surface area contributed by atoms with Crippen LogP contribution in [0.25, 0.3) is 0 Å². The lowest BCUT2D eigenvalue weighted by Gasteiger charge is -2.05. The van der Waals surface area contributed by atoms with Gasteiger partial charge in [-0.05, 0) is 11.6 Å². The maximum Gasteiger partial charge on any atom is 0.310 e. The van der Waals surface area contributed by atoms with E-state index in [1.165, 1.54) is 24.4 Å². The standard InChI is InChI=1S/C19H17N5O4/c25-19(14-28-18-9-5-4-8-17(18)24(26)27)22-20-10-16-11-21-23(13-16)12-15-6-2-1-3-7-15/h1-11,13H,12,14H2,(H,22,25)/b20-10-. The lowest BCUT2D eigenvalue weighted by molar-refractivity contribution is -0.385. The molecule has 1 N–H and O–H groups in total. The maximum atomic E-state index is 11.8. The van der Waals surface area contributed by atoms with E-state index in [9.17, 15) is 14.9 Å². The number of nitro benzene ring substituents is 1. The Morgan fingerprint density at radius 1 is 1.21 bits per heavy atom. The van der Waals surface area contributed by atoms with Gasteiger partial charge in [0, 0.05) is 17.8 Å². The molecule has 0 spiro atoms. The van der Waals surface area contributed by atoms with Gasteiger partial charge in [0.15, 0.2) is 12.4 Å². The molecule has 9 heteroatoms. The molecule has 1 amide bonds. The Hall–Kier alpha value is -4.01. The van der Waals surface area contributed by atoms with Crippen molar-refractivity contribution in [1.29, 1.82) is 0 Å². The van der Waals surface area contributed by atoms with Gasteiger partial charge in [-0.15, -0.1) is 0 Å². The predicted molar refractivity (Wildman–Crippen MR) is 102 cm³/mol. The van der Waals surface area contributed by atoms with Crippen LogP contribution in [0, 0.1) is 10.1 Å². The van der Waals surface area contributed by atoms with Gasteiger partial charge in [-0.1, -0.05) is 42.5 Å². The summed E-state index contributed by atoms with van der Waals surface area (Å²) in [6, 6.07) is 15.7. The molecule has 0 aliphatic heterocycles. The van der Waals surface area contributed by atoms with E-state index >= 15 is 0 Å². The number of carbonyl (C=O) groups excluding carboxylic acids is 1. The van der Waals surface area contributed by atoms with Gasteiger partial charge in [0.1, 0.15) is 0 Å². The van der Waals surface area contributed by atoms with Crippen molar-refractivity contribution < 1.29 is 14.5 Å². The molecule has 0 saturated carbocycles. The highest BCUT2D eigenvalue weighted by atomic mass is 16.6. The molecular weight excluding hydrogens is 362 g/mol. The molecule has 0 aliphatic carbocycles. The zero-order chi connectivity index (χ0) is 19.8. The first-order chi connectivity index (χ1) is 13.6. The molecule has 3 aromatic rings. The number of hydrogen-bond acceptors (Lipinski definition) is 6. The summed E-state index contributed by atoms with van der Waals surface area (Å²) in [6.07, 6.45) is 4.88. The van der Waals surface area contributed by atoms with Crippen LogP contribution in [0.4, 0.5) is 5.69 Å². The van der Waals surface area contributed by atoms with Crippen molar-refractivity contribution in [3.8, 4) is 5.75 Å². The summed E-state index contributed by atoms with van der Waals surface area (Å²) >= 11 is 0. The summed E-state index contributed by atoms with van der Waals surface area (Å²) in [6.45, 7) is 0.236. The van der Waals surface area contributed by atoms with Crippen LogP contribution in [0.1, 0.15) is 11.1 Å². The molecule has 0 fully saturated rings. The Balaban J connectivity index is 1.48. The second-order valence-electron chi connectivity index (χ2n) is 5.76. The first kappa shape index (κ1) is 18.8. The molecule has 2 aromatic carbocycles. The van der Waals surface area contributed by atoms with E-state index in [1.54, 1.807) is 23.1 Å². The lowest BCUT2D eigenvalue weighted by Crippen LogP contribution is -2.24. The summed E-state index contributed by atoms with van der Waals surface area (Å²) in [4.78, 5) is 22.1. The van der Waals surface area contributed by atoms with Gasteiger partial charge < -0.3 is 4.74 Å². The maximum absolute atomic E-state index is 11.8. The molecule has 142 valence electrons. The van der Waals surface area contributed by atoms with E-state index in [4.69, 9.17) is 4.74 Å². The fourth-order valence-electron chi connectivity index (χ4n) is 2.39. The van der Waals surface area contributed by atoms with Crippen LogP contribution in [-0.4, -0.2) is 33.4 Å². The Bertz CT molecular complexity index is 985. The summed E-state index contributed by atoms with van der Waals surface area (Å²) in [5.41, 5.74) is 3.94. The Labute approximate surface area is 160 Å². The molecule has 28 heavy (non-hydrogen) atoms. The minimum atomic E-state index is -0.571. The monoisotopic (exact) mass is 379 g/mol. The average Bonchev–Trinajstić information content (AvgIpc) is 3.14. The van der Waals surface area contributed by atoms with Crippen molar-refractivity contribution >= 4 is 17.8 Å². The fourth-order valence-corrected chi connectivity index (χ4v) is 2.39. The van der Waals surface area contributed by atoms with Crippen molar-refractivity contribution in [2.45, 2.75) is 6.54 Å². The number of hydrogen-bond donors (Lipinski definition) is 1. The Morgan fingerprint density at radius 2 is 1.96 bits per heavy atom. The highest BCUT2D eigenvalue weighted by Crippen LogP contribution is 2.25. The van der Waals surface area contributed by atoms with Crippen LogP contribution >= 0.6 is 0 Å². The van der Waals surface area contributed by atoms with Gasteiger partial charge in [-0.3, -0.25) is 19.6 Å². The number of aromatic nitrogens is 2. The number of para-hydroxylation sites is 2. The van der Waals surface area contributed by atoms with Gasteiger partial charge in [0.05, 0.1) is 23.9 Å². The van der Waals surface area contributed by atoms with Gasteiger partial charge in [-0.2, -0.15) is 10.2 Å². The largest absolute Gasteiger partial charge is 0.477 e. The van der Waals surface area contributed by atoms with Gasteiger partial charge in [-0.25, -0.2) is 5.43 Å². The number of benzene rings is 2. The summed E-state index contributed by atoms with van der Waals surface area (Å²) in [5.74, 6) is -0.514. The molecule has 3 rings (SSSR count). The van der Waals surface area contributed by atoms with Crippen molar-refractivity contribution in [3.63, 3.8) is 0 Å². The van der Waals surface area contributed by atoms with Crippen LogP contribution in [0.15, 0.2) is 72.1 Å². The molecule has 1 heterocycles. The number of nitrogens with zero attached hydrogens (tertiary/aromatic N) is 4. The topological polar surface area (TPSA) is 112 Å². The van der Waals surface area contributed by atoms with E-state index in [-0.39, 0.29) is 11.4 Å². The van der Waals surface area contributed by atoms with Crippen LogP contribution < -0.4 is 10.2 Å². The van der Waals surface area contributed by atoms with Crippen LogP contribution in [-0.2, 0) is 11.3 Å². The number of nitro groups is 1. The second-order valence-corrected chi connectivity index (χ2v) is 5.76. The lowest BCUT2D eigenvalue weighted by atomic mass is 10.2. The molecule has 1 aromatic heterocycles. The third kappa shape index (κ3) is 5.24. The average molecular weight is 379 g/mol. The quantitative estimate of drug-likeness (QED) is 0.367. The van der Waals surface area contributed by atoms with Gasteiger partial charge >= 0.3 is 5.69 Å². The molecule has 0 bridgehead atoms. The molecular formula is C19H17N5O4. The molecule has 0 atom stereocenters. The third-order valence-corrected chi connectivity index (χ3v) is 3.66. The van der Waals surface area contributed by atoms with Crippen LogP contribution in [0.2, 0.25) is 0 Å². The van der Waals surface area contributed by atoms with E-state index in [0.29, 0.717) is 6.54 Å². The third-order valence-electron chi connectivity index (χ3n) is 3.66. The van der Waals surface area contributed by atoms with E-state index in [1.807, 2.05) is 30.3 Å². The normalized spacial score (nSPS) is 10.7. The Kier molecular flexibility index (Phi) is 6.09. The molecule has 0 unspecified atom stereocenters. The number of nitrogens with one attached hydrogen (secondary N) is 1. The van der Waals surface area contributed by atoms with Crippen LogP contribution in [0.3, 0.4) is 0 Å². The number of hydrazone groups is 1. The first-order valence-electron chi connectivity index (χ1n) is 8.36. The molecule has 0 saturated heterocycles. The second kappa shape index (κ2) is 9.08. The number of carbonyl (C=O) groups is 1. The number of amides is 1. The predicted octanol–water partition coefficient (Wildman–Crippen LogP) is 2.37. The van der Waals surface area contributed by atoms with Crippen molar-refractivity contribution in [3.05, 3.63) is 88.2 Å². The smallest absolute Gasteiger partial charge is 0.310 e. The number of rotatable bonds is 8. The zero-order valence-corrected chi connectivity index (χ0v) is 14.8. The minimum absolute atomic E-state index is 0.0221. The molecule has 9 nitrogen and oxygen atoms in total. The van der Waals surface area contributed by atoms with Crippen LogP contribution in [0.5, 0.6) is 5.75 Å². The number of ether oxygens (including phenoxy) is 1. The van der Waals surface area contributed by atoms with Crippen molar-refractivity contribution in [2.75, 3.05) is 6.61 Å². The van der Waals surface area contributed by atoms with E-state index < -0.39 is 17.4 Å². The Morgan fingerprint density at radius 3 is 2.75 bits per heavy atom. The van der Waals surface area contributed by atoms with Crippen molar-refractivity contribution in [2.24, 2.45) is 5.10 Å². The first-order valence-corrected chi connectivity index (χ1v) is 8.36. The minimum Gasteiger partial charge on any atom is -0.477 e. The van der Waals surface area contributed by atoms with Gasteiger partial charge in [0.2, 0.25) is 0 Å². The highest BCUT2D eigenvalue weighted by molar-refractivity contribution is 5.82. The molecule has 0 aliphatic rings. The van der Waals surface area contributed by atoms with Crippen molar-refractivity contribution in [1.82, 2.24) is 15.2 Å². The highest BCUT2D eigenvalue weighted by Gasteiger charge is 2.14. The SMILES string of the molecule is O=C(COc1ccccc1[N+](=O)[O-])N/N=C\c1cnn(Cc2ccccc2)c1. The summed E-state index contributed by atoms with van der Waals surface area (Å²) < 4.78 is 6.95. The van der Waals surface area contributed by atoms with E-state index in [0.717, 1.165) is 11.1 Å². The summed E-state index contributed by atoms with van der Waals surface area (Å²) in [5, 5.41) is 19.0. The molecule has 0 radical (unpaired) electrons. The zero-order valence-electron chi connectivity index (χ0n) is 14.8. The summed E-state index contributed by atoms with van der Waals surface area (Å²) in [7, 11) is 0. The van der Waals surface area contributed by atoms with Gasteiger partial charge in [0.25, 0.3) is 5.91 Å².